The molecule has 0 aliphatic carbocycles. The molecular weight excluding hydrogens is 244 g/mol. The first-order valence-electron chi connectivity index (χ1n) is 5.95. The van der Waals surface area contributed by atoms with Crippen molar-refractivity contribution in [2.45, 2.75) is 20.4 Å². The Balaban J connectivity index is 2.54. The van der Waals surface area contributed by atoms with E-state index < -0.39 is 17.8 Å². The summed E-state index contributed by atoms with van der Waals surface area (Å²) < 4.78 is 0. The van der Waals surface area contributed by atoms with Gasteiger partial charge in [0.1, 0.15) is 0 Å². The van der Waals surface area contributed by atoms with Gasteiger partial charge in [0.2, 0.25) is 5.91 Å². The van der Waals surface area contributed by atoms with Crippen LogP contribution in [0.3, 0.4) is 0 Å². The van der Waals surface area contributed by atoms with Crippen molar-refractivity contribution in [3.8, 4) is 6.07 Å². The number of nitrogens with zero attached hydrogens (tertiary/aromatic N) is 1. The Kier molecular flexibility index (Phi) is 5.07. The Morgan fingerprint density at radius 1 is 1.26 bits per heavy atom. The number of carbonyl (C=O) groups excluding carboxylic acids is 1. The lowest BCUT2D eigenvalue weighted by Crippen LogP contribution is -2.34. The molecular formula is C14H16N2O3. The van der Waals surface area contributed by atoms with Crippen LogP contribution in [0.4, 0.5) is 0 Å². The summed E-state index contributed by atoms with van der Waals surface area (Å²) in [5.74, 6) is -2.59. The molecule has 0 radical (unpaired) electrons. The molecule has 1 aromatic carbocycles. The fourth-order valence-electron chi connectivity index (χ4n) is 1.49. The van der Waals surface area contributed by atoms with Crippen molar-refractivity contribution in [1.82, 2.24) is 5.32 Å². The maximum absolute atomic E-state index is 11.8. The highest BCUT2D eigenvalue weighted by atomic mass is 16.4. The number of rotatable bonds is 5. The lowest BCUT2D eigenvalue weighted by atomic mass is 9.95. The van der Waals surface area contributed by atoms with Crippen molar-refractivity contribution in [2.75, 3.05) is 0 Å². The molecule has 0 saturated heterocycles. The number of benzene rings is 1. The minimum absolute atomic E-state index is 0.292. The Labute approximate surface area is 111 Å². The van der Waals surface area contributed by atoms with Crippen LogP contribution >= 0.6 is 0 Å². The lowest BCUT2D eigenvalue weighted by Gasteiger charge is -2.15. The third kappa shape index (κ3) is 4.11. The average Bonchev–Trinajstić information content (AvgIpc) is 2.43. The molecule has 0 aromatic heterocycles. The molecule has 0 aliphatic heterocycles. The van der Waals surface area contributed by atoms with Gasteiger partial charge in [-0.1, -0.05) is 26.0 Å². The first-order valence-corrected chi connectivity index (χ1v) is 5.95. The minimum Gasteiger partial charge on any atom is -0.481 e. The minimum atomic E-state index is -0.985. The van der Waals surface area contributed by atoms with Gasteiger partial charge in [-0.25, -0.2) is 0 Å². The van der Waals surface area contributed by atoms with Gasteiger partial charge in [0.05, 0.1) is 17.6 Å². The fraction of sp³-hybridized carbons (Fsp3) is 0.357. The Morgan fingerprint density at radius 3 is 2.32 bits per heavy atom. The van der Waals surface area contributed by atoms with Crippen molar-refractivity contribution >= 4 is 11.9 Å². The highest BCUT2D eigenvalue weighted by Crippen LogP contribution is 2.11. The van der Waals surface area contributed by atoms with E-state index in [2.05, 4.69) is 5.32 Å². The molecule has 0 saturated carbocycles. The van der Waals surface area contributed by atoms with Gasteiger partial charge in [0.15, 0.2) is 0 Å². The number of nitriles is 1. The number of nitrogens with one attached hydrogen (secondary N) is 1. The summed E-state index contributed by atoms with van der Waals surface area (Å²) in [7, 11) is 0. The van der Waals surface area contributed by atoms with E-state index in [0.717, 1.165) is 5.56 Å². The SMILES string of the molecule is CC(C(=O)O)C(C)C(=O)NCc1ccc(C#N)cc1. The molecule has 2 unspecified atom stereocenters. The van der Waals surface area contributed by atoms with E-state index in [0.29, 0.717) is 12.1 Å². The van der Waals surface area contributed by atoms with Crippen LogP contribution < -0.4 is 5.32 Å². The molecule has 0 fully saturated rings. The maximum Gasteiger partial charge on any atom is 0.307 e. The van der Waals surface area contributed by atoms with Crippen LogP contribution in [0, 0.1) is 23.2 Å². The second-order valence-corrected chi connectivity index (χ2v) is 4.44. The van der Waals surface area contributed by atoms with Crippen LogP contribution in [-0.4, -0.2) is 17.0 Å². The quantitative estimate of drug-likeness (QED) is 0.840. The topological polar surface area (TPSA) is 90.2 Å². The molecule has 2 atom stereocenters. The number of carboxylic acids is 1. The highest BCUT2D eigenvalue weighted by molar-refractivity contribution is 5.84. The highest BCUT2D eigenvalue weighted by Gasteiger charge is 2.25. The van der Waals surface area contributed by atoms with E-state index in [1.54, 1.807) is 31.2 Å². The first kappa shape index (κ1) is 14.7. The first-order chi connectivity index (χ1) is 8.95. The average molecular weight is 260 g/mol. The molecule has 2 N–H and O–H groups in total. The van der Waals surface area contributed by atoms with E-state index in [-0.39, 0.29) is 5.91 Å². The standard InChI is InChI=1S/C14H16N2O3/c1-9(10(2)14(18)19)13(17)16-8-12-5-3-11(7-15)4-6-12/h3-6,9-10H,8H2,1-2H3,(H,16,17)(H,18,19). The second kappa shape index (κ2) is 6.55. The summed E-state index contributed by atoms with van der Waals surface area (Å²) in [6.45, 7) is 3.42. The van der Waals surface area contributed by atoms with Crippen LogP contribution in [0.15, 0.2) is 24.3 Å². The van der Waals surface area contributed by atoms with Gasteiger partial charge >= 0.3 is 5.97 Å². The maximum atomic E-state index is 11.8. The summed E-state index contributed by atoms with van der Waals surface area (Å²) in [5.41, 5.74) is 1.42. The zero-order chi connectivity index (χ0) is 14.4. The summed E-state index contributed by atoms with van der Waals surface area (Å²) in [4.78, 5) is 22.5. The van der Waals surface area contributed by atoms with Gasteiger partial charge in [-0.05, 0) is 17.7 Å². The van der Waals surface area contributed by atoms with Crippen molar-refractivity contribution in [3.05, 3.63) is 35.4 Å². The van der Waals surface area contributed by atoms with E-state index in [4.69, 9.17) is 10.4 Å². The van der Waals surface area contributed by atoms with Gasteiger partial charge in [-0.3, -0.25) is 9.59 Å². The number of carboxylic acid groups (broad SMARTS) is 1. The zero-order valence-electron chi connectivity index (χ0n) is 10.9. The number of hydrogen-bond donors (Lipinski definition) is 2. The molecule has 1 rings (SSSR count). The summed E-state index contributed by atoms with van der Waals surface area (Å²) in [6, 6.07) is 8.86. The van der Waals surface area contributed by atoms with Crippen LogP contribution in [-0.2, 0) is 16.1 Å². The molecule has 19 heavy (non-hydrogen) atoms. The third-order valence-corrected chi connectivity index (χ3v) is 3.10. The van der Waals surface area contributed by atoms with Gasteiger partial charge in [-0.15, -0.1) is 0 Å². The molecule has 5 nitrogen and oxygen atoms in total. The summed E-state index contributed by atoms with van der Waals surface area (Å²) >= 11 is 0. The van der Waals surface area contributed by atoms with Crippen LogP contribution in [0.5, 0.6) is 0 Å². The molecule has 1 amide bonds. The van der Waals surface area contributed by atoms with Crippen LogP contribution in [0.1, 0.15) is 25.0 Å². The van der Waals surface area contributed by atoms with E-state index in [1.807, 2.05) is 6.07 Å². The predicted molar refractivity (Wildman–Crippen MR) is 69.0 cm³/mol. The number of carbonyl (C=O) groups is 2. The largest absolute Gasteiger partial charge is 0.481 e. The number of hydrogen-bond acceptors (Lipinski definition) is 3. The monoisotopic (exact) mass is 260 g/mol. The van der Waals surface area contributed by atoms with Gasteiger partial charge in [0, 0.05) is 12.5 Å². The third-order valence-electron chi connectivity index (χ3n) is 3.10. The second-order valence-electron chi connectivity index (χ2n) is 4.44. The van der Waals surface area contributed by atoms with Gasteiger partial charge < -0.3 is 10.4 Å². The zero-order valence-corrected chi connectivity index (χ0v) is 10.9. The molecule has 0 heterocycles. The Bertz CT molecular complexity index is 502. The summed E-state index contributed by atoms with van der Waals surface area (Å²) in [5, 5.41) is 20.2. The Hall–Kier alpha value is -2.35. The molecule has 0 aliphatic rings. The molecule has 5 heteroatoms. The predicted octanol–water partition coefficient (Wildman–Crippen LogP) is 1.53. The van der Waals surface area contributed by atoms with Crippen molar-refractivity contribution in [2.24, 2.45) is 11.8 Å². The Morgan fingerprint density at radius 2 is 1.84 bits per heavy atom. The van der Waals surface area contributed by atoms with Crippen molar-refractivity contribution in [3.63, 3.8) is 0 Å². The summed E-state index contributed by atoms with van der Waals surface area (Å²) in [6.07, 6.45) is 0. The molecule has 0 bridgehead atoms. The lowest BCUT2D eigenvalue weighted by molar-refractivity contribution is -0.146. The number of aliphatic carboxylic acids is 1. The van der Waals surface area contributed by atoms with Crippen LogP contribution in [0.2, 0.25) is 0 Å². The molecule has 0 spiro atoms. The van der Waals surface area contributed by atoms with Crippen molar-refractivity contribution < 1.29 is 14.7 Å². The van der Waals surface area contributed by atoms with E-state index in [1.165, 1.54) is 6.92 Å². The fourth-order valence-corrected chi connectivity index (χ4v) is 1.49. The molecule has 100 valence electrons. The number of amides is 1. The normalized spacial score (nSPS) is 13.1. The molecule has 1 aromatic rings. The van der Waals surface area contributed by atoms with Crippen molar-refractivity contribution in [1.29, 1.82) is 5.26 Å². The van der Waals surface area contributed by atoms with Gasteiger partial charge in [0.25, 0.3) is 0 Å². The van der Waals surface area contributed by atoms with E-state index in [9.17, 15) is 9.59 Å². The van der Waals surface area contributed by atoms with E-state index >= 15 is 0 Å². The van der Waals surface area contributed by atoms with Crippen LogP contribution in [0.25, 0.3) is 0 Å². The van der Waals surface area contributed by atoms with Gasteiger partial charge in [-0.2, -0.15) is 5.26 Å². The smallest absolute Gasteiger partial charge is 0.307 e.